The first kappa shape index (κ1) is 16.5. The number of fused-ring (bicyclic) bond motifs is 1. The van der Waals surface area contributed by atoms with E-state index in [1.165, 1.54) is 0 Å². The summed E-state index contributed by atoms with van der Waals surface area (Å²) in [4.78, 5) is 8.63. The average molecular weight is 374 g/mol. The number of aromatic nitrogens is 4. The molecule has 28 heavy (non-hydrogen) atoms. The Hall–Kier alpha value is -3.65. The minimum Gasteiger partial charge on any atom is -0.454 e. The predicted octanol–water partition coefficient (Wildman–Crippen LogP) is 3.99. The van der Waals surface area contributed by atoms with Crippen LogP contribution in [0.3, 0.4) is 0 Å². The fraction of sp³-hybridized carbons (Fsp3) is 0.150. The van der Waals surface area contributed by atoms with E-state index in [9.17, 15) is 0 Å². The van der Waals surface area contributed by atoms with Crippen molar-refractivity contribution < 1.29 is 9.47 Å². The summed E-state index contributed by atoms with van der Waals surface area (Å²) in [7, 11) is 0. The number of hydrogen-bond acceptors (Lipinski definition) is 7. The zero-order chi connectivity index (χ0) is 19.1. The van der Waals surface area contributed by atoms with Crippen LogP contribution in [0.4, 0.5) is 17.5 Å². The van der Waals surface area contributed by atoms with Gasteiger partial charge in [0.1, 0.15) is 5.75 Å². The maximum atomic E-state index is 6.20. The second-order valence-electron chi connectivity index (χ2n) is 6.43. The van der Waals surface area contributed by atoms with Gasteiger partial charge in [0.2, 0.25) is 5.95 Å². The lowest BCUT2D eigenvalue weighted by atomic mass is 10.1. The van der Waals surface area contributed by atoms with Crippen LogP contribution < -0.4 is 15.8 Å². The zero-order valence-corrected chi connectivity index (χ0v) is 15.2. The molecule has 8 heteroatoms. The summed E-state index contributed by atoms with van der Waals surface area (Å²) in [5.74, 6) is 2.35. The van der Waals surface area contributed by atoms with Crippen molar-refractivity contribution in [1.29, 1.82) is 0 Å². The van der Waals surface area contributed by atoms with Gasteiger partial charge in [-0.25, -0.2) is 9.97 Å². The molecule has 0 saturated heterocycles. The van der Waals surface area contributed by atoms with Crippen molar-refractivity contribution in [2.75, 3.05) is 17.7 Å². The fourth-order valence-electron chi connectivity index (χ4n) is 3.29. The standard InChI is InChI=1S/C20H18N6O2/c1-2-27-10-12-9-14(24-20(21)22-12)11-7-15-18-17(8-11)28-16-6-4-3-5-13(16)23-19(18)26-25-15/h3-9H,2,10H2,1H3,(H2,21,22,24)(H2,23,25,26). The van der Waals surface area contributed by atoms with Gasteiger partial charge in [0.15, 0.2) is 11.6 Å². The van der Waals surface area contributed by atoms with Gasteiger partial charge in [-0.2, -0.15) is 5.10 Å². The quantitative estimate of drug-likeness (QED) is 0.436. The monoisotopic (exact) mass is 374 g/mol. The lowest BCUT2D eigenvalue weighted by Crippen LogP contribution is -2.03. The molecule has 0 atom stereocenters. The summed E-state index contributed by atoms with van der Waals surface area (Å²) in [6.07, 6.45) is 0. The van der Waals surface area contributed by atoms with Gasteiger partial charge < -0.3 is 20.5 Å². The number of aromatic amines is 1. The molecule has 0 aliphatic carbocycles. The van der Waals surface area contributed by atoms with Gasteiger partial charge in [0.25, 0.3) is 0 Å². The minimum atomic E-state index is 0.205. The third-order valence-electron chi connectivity index (χ3n) is 4.53. The summed E-state index contributed by atoms with van der Waals surface area (Å²) < 4.78 is 11.7. The number of hydrogen-bond donors (Lipinski definition) is 3. The first-order valence-electron chi connectivity index (χ1n) is 8.99. The smallest absolute Gasteiger partial charge is 0.220 e. The predicted molar refractivity (Wildman–Crippen MR) is 107 cm³/mol. The number of H-pyrrole nitrogens is 1. The number of benzene rings is 2. The van der Waals surface area contributed by atoms with E-state index in [1.54, 1.807) is 0 Å². The van der Waals surface area contributed by atoms with Gasteiger partial charge in [-0.05, 0) is 37.3 Å². The number of anilines is 3. The molecule has 0 saturated carbocycles. The number of nitrogen functional groups attached to an aromatic ring is 1. The molecule has 2 aromatic carbocycles. The first-order chi connectivity index (χ1) is 13.7. The molecule has 0 spiro atoms. The molecule has 4 aromatic rings. The molecule has 1 aliphatic heterocycles. The van der Waals surface area contributed by atoms with E-state index >= 15 is 0 Å². The normalized spacial score (nSPS) is 12.2. The summed E-state index contributed by atoms with van der Waals surface area (Å²) in [5, 5.41) is 11.7. The topological polar surface area (TPSA) is 111 Å². The SMILES string of the molecule is CCOCc1cc(-c2cc3c4c(n[nH]c4c2)Nc2ccccc2O3)nc(N)n1. The van der Waals surface area contributed by atoms with Crippen LogP contribution in [0, 0.1) is 0 Å². The highest BCUT2D eigenvalue weighted by Crippen LogP contribution is 2.43. The van der Waals surface area contributed by atoms with E-state index in [1.807, 2.05) is 49.4 Å². The van der Waals surface area contributed by atoms with Gasteiger partial charge in [-0.15, -0.1) is 0 Å². The van der Waals surface area contributed by atoms with Gasteiger partial charge in [0.05, 0.1) is 34.6 Å². The average Bonchev–Trinajstić information content (AvgIpc) is 3.02. The van der Waals surface area contributed by atoms with Crippen LogP contribution in [0.2, 0.25) is 0 Å². The number of para-hydroxylation sites is 2. The highest BCUT2D eigenvalue weighted by atomic mass is 16.5. The highest BCUT2D eigenvalue weighted by molar-refractivity contribution is 6.00. The van der Waals surface area contributed by atoms with Crippen molar-refractivity contribution >= 4 is 28.4 Å². The summed E-state index contributed by atoms with van der Waals surface area (Å²) in [5.41, 5.74) is 9.90. The van der Waals surface area contributed by atoms with Crippen molar-refractivity contribution in [2.24, 2.45) is 0 Å². The molecule has 0 fully saturated rings. The third-order valence-corrected chi connectivity index (χ3v) is 4.53. The van der Waals surface area contributed by atoms with Crippen LogP contribution >= 0.6 is 0 Å². The maximum absolute atomic E-state index is 6.20. The van der Waals surface area contributed by atoms with Crippen LogP contribution in [0.5, 0.6) is 11.5 Å². The molecular formula is C20H18N6O2. The molecule has 0 bridgehead atoms. The Kier molecular flexibility index (Phi) is 3.84. The Morgan fingerprint density at radius 1 is 1.11 bits per heavy atom. The van der Waals surface area contributed by atoms with Gasteiger partial charge in [-0.3, -0.25) is 5.10 Å². The summed E-state index contributed by atoms with van der Waals surface area (Å²) >= 11 is 0. The zero-order valence-electron chi connectivity index (χ0n) is 15.2. The molecule has 8 nitrogen and oxygen atoms in total. The molecule has 1 aliphatic rings. The van der Waals surface area contributed by atoms with Gasteiger partial charge >= 0.3 is 0 Å². The number of rotatable bonds is 4. The Morgan fingerprint density at radius 3 is 2.89 bits per heavy atom. The van der Waals surface area contributed by atoms with Crippen LogP contribution in [-0.4, -0.2) is 26.8 Å². The number of nitrogens with two attached hydrogens (primary N) is 1. The van der Waals surface area contributed by atoms with Gasteiger partial charge in [0, 0.05) is 12.2 Å². The fourth-order valence-corrected chi connectivity index (χ4v) is 3.29. The molecule has 3 heterocycles. The molecule has 0 amide bonds. The van der Waals surface area contributed by atoms with E-state index < -0.39 is 0 Å². The molecule has 4 N–H and O–H groups in total. The van der Waals surface area contributed by atoms with Crippen molar-refractivity contribution in [3.05, 3.63) is 48.2 Å². The lowest BCUT2D eigenvalue weighted by molar-refractivity contribution is 0.131. The van der Waals surface area contributed by atoms with E-state index in [-0.39, 0.29) is 5.95 Å². The molecule has 0 unspecified atom stereocenters. The van der Waals surface area contributed by atoms with E-state index in [4.69, 9.17) is 15.2 Å². The number of nitrogens with zero attached hydrogens (tertiary/aromatic N) is 3. The van der Waals surface area contributed by atoms with E-state index in [2.05, 4.69) is 25.5 Å². The Balaban J connectivity index is 1.64. The van der Waals surface area contributed by atoms with Crippen molar-refractivity contribution in [3.8, 4) is 22.8 Å². The molecule has 2 aromatic heterocycles. The van der Waals surface area contributed by atoms with Crippen molar-refractivity contribution in [2.45, 2.75) is 13.5 Å². The van der Waals surface area contributed by atoms with Crippen LogP contribution in [-0.2, 0) is 11.3 Å². The molecule has 5 rings (SSSR count). The third kappa shape index (κ3) is 2.80. The van der Waals surface area contributed by atoms with Crippen LogP contribution in [0.15, 0.2) is 42.5 Å². The second kappa shape index (κ2) is 6.50. The largest absolute Gasteiger partial charge is 0.454 e. The minimum absolute atomic E-state index is 0.205. The number of ether oxygens (including phenoxy) is 2. The maximum Gasteiger partial charge on any atom is 0.220 e. The van der Waals surface area contributed by atoms with Crippen molar-refractivity contribution in [3.63, 3.8) is 0 Å². The van der Waals surface area contributed by atoms with E-state index in [0.29, 0.717) is 24.7 Å². The number of nitrogens with one attached hydrogen (secondary N) is 2. The summed E-state index contributed by atoms with van der Waals surface area (Å²) in [6.45, 7) is 2.92. The highest BCUT2D eigenvalue weighted by Gasteiger charge is 2.21. The van der Waals surface area contributed by atoms with E-state index in [0.717, 1.165) is 39.4 Å². The Morgan fingerprint density at radius 2 is 2.00 bits per heavy atom. The van der Waals surface area contributed by atoms with Crippen LogP contribution in [0.1, 0.15) is 12.6 Å². The lowest BCUT2D eigenvalue weighted by Gasteiger charge is -2.10. The van der Waals surface area contributed by atoms with Crippen LogP contribution in [0.25, 0.3) is 22.2 Å². The molecule has 140 valence electrons. The molecular weight excluding hydrogens is 356 g/mol. The Bertz CT molecular complexity index is 1190. The first-order valence-corrected chi connectivity index (χ1v) is 8.99. The second-order valence-corrected chi connectivity index (χ2v) is 6.43. The van der Waals surface area contributed by atoms with Crippen molar-refractivity contribution in [1.82, 2.24) is 20.2 Å². The Labute approximate surface area is 160 Å². The summed E-state index contributed by atoms with van der Waals surface area (Å²) in [6, 6.07) is 13.5. The molecule has 0 radical (unpaired) electrons. The van der Waals surface area contributed by atoms with Gasteiger partial charge in [-0.1, -0.05) is 12.1 Å².